The zero-order chi connectivity index (χ0) is 17.9. The second kappa shape index (κ2) is 7.78. The Morgan fingerprint density at radius 2 is 2.04 bits per heavy atom. The molecule has 0 bridgehead atoms. The summed E-state index contributed by atoms with van der Waals surface area (Å²) in [7, 11) is 1.71. The minimum absolute atomic E-state index is 0.853. The number of methoxy groups -OCH3 is 1. The molecule has 3 heterocycles. The van der Waals surface area contributed by atoms with Gasteiger partial charge in [0.2, 0.25) is 0 Å². The van der Waals surface area contributed by atoms with Crippen molar-refractivity contribution in [3.8, 4) is 17.0 Å². The molecule has 0 amide bonds. The van der Waals surface area contributed by atoms with Crippen molar-refractivity contribution in [2.45, 2.75) is 13.0 Å². The number of nitrogens with one attached hydrogen (secondary N) is 1. The molecule has 5 nitrogen and oxygen atoms in total. The third-order valence-corrected chi connectivity index (χ3v) is 5.49. The van der Waals surface area contributed by atoms with Gasteiger partial charge in [0.15, 0.2) is 5.65 Å². The summed E-state index contributed by atoms with van der Waals surface area (Å²) in [4.78, 5) is 7.48. The van der Waals surface area contributed by atoms with Gasteiger partial charge in [-0.2, -0.15) is 0 Å². The number of imidazole rings is 1. The van der Waals surface area contributed by atoms with Crippen molar-refractivity contribution in [3.63, 3.8) is 0 Å². The van der Waals surface area contributed by atoms with Crippen LogP contribution in [0.15, 0.2) is 47.1 Å². The number of hydrogen-bond acceptors (Lipinski definition) is 4. The highest BCUT2D eigenvalue weighted by Crippen LogP contribution is 2.34. The van der Waals surface area contributed by atoms with Gasteiger partial charge in [0.25, 0.3) is 0 Å². The summed E-state index contributed by atoms with van der Waals surface area (Å²) in [5.74, 6) is 0.853. The van der Waals surface area contributed by atoms with Crippen LogP contribution < -0.4 is 10.1 Å². The molecule has 6 heteroatoms. The summed E-state index contributed by atoms with van der Waals surface area (Å²) >= 11 is 3.65. The number of rotatable bonds is 4. The lowest BCUT2D eigenvalue weighted by Gasteiger charge is -2.20. The molecular formula is C20H23BrN4O. The van der Waals surface area contributed by atoms with Gasteiger partial charge in [-0.25, -0.2) is 4.98 Å². The van der Waals surface area contributed by atoms with Gasteiger partial charge < -0.3 is 14.5 Å². The summed E-state index contributed by atoms with van der Waals surface area (Å²) in [6.07, 6.45) is 3.27. The molecule has 1 aliphatic rings. The molecule has 1 aliphatic heterocycles. The first-order chi connectivity index (χ1) is 12.8. The van der Waals surface area contributed by atoms with Crippen LogP contribution in [0, 0.1) is 0 Å². The van der Waals surface area contributed by atoms with Gasteiger partial charge in [-0.1, -0.05) is 12.1 Å². The van der Waals surface area contributed by atoms with Crippen molar-refractivity contribution in [3.05, 3.63) is 52.8 Å². The average molecular weight is 415 g/mol. The molecule has 1 N–H and O–H groups in total. The number of nitrogens with zero attached hydrogens (tertiary/aromatic N) is 3. The van der Waals surface area contributed by atoms with Crippen molar-refractivity contribution in [2.75, 3.05) is 33.3 Å². The monoisotopic (exact) mass is 414 g/mol. The molecule has 26 heavy (non-hydrogen) atoms. The summed E-state index contributed by atoms with van der Waals surface area (Å²) in [6, 6.07) is 12.2. The highest BCUT2D eigenvalue weighted by molar-refractivity contribution is 9.10. The van der Waals surface area contributed by atoms with Gasteiger partial charge in [0, 0.05) is 31.4 Å². The summed E-state index contributed by atoms with van der Waals surface area (Å²) < 4.78 is 8.80. The number of para-hydroxylation sites is 1. The van der Waals surface area contributed by atoms with Gasteiger partial charge in [0.1, 0.15) is 5.75 Å². The number of hydrogen-bond donors (Lipinski definition) is 1. The first kappa shape index (κ1) is 17.5. The molecule has 0 atom stereocenters. The van der Waals surface area contributed by atoms with Gasteiger partial charge in [0.05, 0.1) is 23.0 Å². The predicted octanol–water partition coefficient (Wildman–Crippen LogP) is 3.57. The topological polar surface area (TPSA) is 41.8 Å². The third kappa shape index (κ3) is 3.37. The van der Waals surface area contributed by atoms with Crippen LogP contribution >= 0.6 is 15.9 Å². The molecule has 1 aromatic carbocycles. The Hall–Kier alpha value is -1.89. The van der Waals surface area contributed by atoms with Crippen LogP contribution in [0.5, 0.6) is 5.75 Å². The molecule has 4 rings (SSSR count). The Bertz CT molecular complexity index is 900. The smallest absolute Gasteiger partial charge is 0.152 e. The highest BCUT2D eigenvalue weighted by Gasteiger charge is 2.21. The maximum absolute atomic E-state index is 5.61. The number of aromatic nitrogens is 2. The van der Waals surface area contributed by atoms with E-state index in [0.29, 0.717) is 0 Å². The van der Waals surface area contributed by atoms with Crippen LogP contribution in [-0.4, -0.2) is 47.6 Å². The number of benzene rings is 1. The molecule has 3 aromatic rings. The van der Waals surface area contributed by atoms with Crippen molar-refractivity contribution in [1.82, 2.24) is 19.6 Å². The molecule has 1 fully saturated rings. The molecule has 1 saturated heterocycles. The van der Waals surface area contributed by atoms with E-state index in [1.165, 1.54) is 12.1 Å². The van der Waals surface area contributed by atoms with Crippen LogP contribution in [-0.2, 0) is 6.54 Å². The van der Waals surface area contributed by atoms with E-state index in [2.05, 4.69) is 48.9 Å². The molecule has 136 valence electrons. The standard InChI is InChI=1S/C20H23BrN4O/c1-26-18-8-3-2-6-15(18)19-17(14-24-11-5-9-22-10-13-24)25-12-4-7-16(21)20(25)23-19/h2-4,6-8,12,22H,5,9-11,13-14H2,1H3. The summed E-state index contributed by atoms with van der Waals surface area (Å²) in [5.41, 5.74) is 4.17. The lowest BCUT2D eigenvalue weighted by Crippen LogP contribution is -2.28. The Balaban J connectivity index is 1.84. The molecule has 2 aromatic heterocycles. The van der Waals surface area contributed by atoms with E-state index < -0.39 is 0 Å². The third-order valence-electron chi connectivity index (χ3n) is 4.87. The van der Waals surface area contributed by atoms with Crippen molar-refractivity contribution < 1.29 is 4.74 Å². The lowest BCUT2D eigenvalue weighted by molar-refractivity contribution is 0.280. The molecule has 0 spiro atoms. The van der Waals surface area contributed by atoms with Crippen molar-refractivity contribution >= 4 is 21.6 Å². The van der Waals surface area contributed by atoms with E-state index in [0.717, 1.165) is 59.9 Å². The molecule has 0 unspecified atom stereocenters. The molecule has 0 aliphatic carbocycles. The zero-order valence-electron chi connectivity index (χ0n) is 14.9. The minimum Gasteiger partial charge on any atom is -0.496 e. The first-order valence-corrected chi connectivity index (χ1v) is 9.79. The fourth-order valence-corrected chi connectivity index (χ4v) is 3.99. The fraction of sp³-hybridized carbons (Fsp3) is 0.350. The van der Waals surface area contributed by atoms with Crippen LogP contribution in [0.1, 0.15) is 12.1 Å². The van der Waals surface area contributed by atoms with Crippen LogP contribution in [0.3, 0.4) is 0 Å². The molecule has 0 saturated carbocycles. The molecule has 0 radical (unpaired) electrons. The quantitative estimate of drug-likeness (QED) is 0.708. The van der Waals surface area contributed by atoms with Crippen molar-refractivity contribution in [2.24, 2.45) is 0 Å². The number of halogens is 1. The van der Waals surface area contributed by atoms with Crippen LogP contribution in [0.2, 0.25) is 0 Å². The van der Waals surface area contributed by atoms with E-state index in [-0.39, 0.29) is 0 Å². The van der Waals surface area contributed by atoms with Gasteiger partial charge >= 0.3 is 0 Å². The fourth-order valence-electron chi connectivity index (χ4n) is 3.56. The Kier molecular flexibility index (Phi) is 5.24. The lowest BCUT2D eigenvalue weighted by atomic mass is 10.1. The normalized spacial score (nSPS) is 15.9. The Labute approximate surface area is 162 Å². The van der Waals surface area contributed by atoms with E-state index in [9.17, 15) is 0 Å². The largest absolute Gasteiger partial charge is 0.496 e. The van der Waals surface area contributed by atoms with E-state index in [1.807, 2.05) is 24.3 Å². The van der Waals surface area contributed by atoms with Gasteiger partial charge in [-0.15, -0.1) is 0 Å². The van der Waals surface area contributed by atoms with Crippen LogP contribution in [0.4, 0.5) is 0 Å². The van der Waals surface area contributed by atoms with Gasteiger partial charge in [-0.3, -0.25) is 4.90 Å². The summed E-state index contributed by atoms with van der Waals surface area (Å²) in [6.45, 7) is 5.14. The van der Waals surface area contributed by atoms with E-state index in [1.54, 1.807) is 7.11 Å². The Morgan fingerprint density at radius 1 is 1.15 bits per heavy atom. The van der Waals surface area contributed by atoms with Gasteiger partial charge in [-0.05, 0) is 59.7 Å². The maximum Gasteiger partial charge on any atom is 0.152 e. The van der Waals surface area contributed by atoms with Crippen molar-refractivity contribution in [1.29, 1.82) is 0 Å². The second-order valence-corrected chi connectivity index (χ2v) is 7.39. The Morgan fingerprint density at radius 3 is 2.92 bits per heavy atom. The molecular weight excluding hydrogens is 392 g/mol. The van der Waals surface area contributed by atoms with Crippen LogP contribution in [0.25, 0.3) is 16.9 Å². The first-order valence-electron chi connectivity index (χ1n) is 9.00. The number of pyridine rings is 1. The van der Waals surface area contributed by atoms with E-state index >= 15 is 0 Å². The average Bonchev–Trinajstić information content (AvgIpc) is 2.85. The zero-order valence-corrected chi connectivity index (χ0v) is 16.5. The summed E-state index contributed by atoms with van der Waals surface area (Å²) in [5, 5.41) is 3.48. The highest BCUT2D eigenvalue weighted by atomic mass is 79.9. The second-order valence-electron chi connectivity index (χ2n) is 6.54. The SMILES string of the molecule is COc1ccccc1-c1nc2c(Br)cccn2c1CN1CCCNCC1. The number of fused-ring (bicyclic) bond motifs is 1. The van der Waals surface area contributed by atoms with E-state index in [4.69, 9.17) is 9.72 Å². The maximum atomic E-state index is 5.61. The minimum atomic E-state index is 0.853. The predicted molar refractivity (Wildman–Crippen MR) is 108 cm³/mol. The number of ether oxygens (including phenoxy) is 1.